The number of hydrogen-bond acceptors (Lipinski definition) is 7. The van der Waals surface area contributed by atoms with E-state index >= 15 is 0 Å². The van der Waals surface area contributed by atoms with E-state index in [1.807, 2.05) is 127 Å². The predicted molar refractivity (Wildman–Crippen MR) is 232 cm³/mol. The minimum absolute atomic E-state index is 0.478. The molecule has 0 unspecified atom stereocenters. The fourth-order valence-electron chi connectivity index (χ4n) is 7.65. The molecule has 9 rings (SSSR count). The van der Waals surface area contributed by atoms with Gasteiger partial charge in [-0.3, -0.25) is 4.79 Å². The number of aromatic nitrogens is 4. The first-order chi connectivity index (χ1) is 28.5. The Bertz CT molecular complexity index is 2920. The lowest BCUT2D eigenvalue weighted by atomic mass is 10.0. The van der Waals surface area contributed by atoms with E-state index < -0.39 is 0 Å². The minimum atomic E-state index is 0.478. The number of aromatic amines is 2. The Labute approximate surface area is 334 Å². The zero-order valence-electron chi connectivity index (χ0n) is 32.3. The summed E-state index contributed by atoms with van der Waals surface area (Å²) in [7, 11) is 6.60. The van der Waals surface area contributed by atoms with Gasteiger partial charge in [-0.25, -0.2) is 9.97 Å². The zero-order chi connectivity index (χ0) is 39.8. The Kier molecular flexibility index (Phi) is 9.39. The zero-order valence-corrected chi connectivity index (χ0v) is 32.3. The molecule has 9 heteroatoms. The van der Waals surface area contributed by atoms with Crippen molar-refractivity contribution < 1.29 is 23.7 Å². The minimum Gasteiger partial charge on any atom is -0.497 e. The molecule has 7 aromatic rings. The standard InChI is InChI=1S/C49H38N4O5/c1-55-34-13-5-29(6-14-34)45-38-21-22-39(50-38)46(30-7-15-35(56-2)16-8-30)41-25-26-43(52-41)48(32-11-19-37(58-4)20-12-32)49-33(28-54)27-44(53-49)47(42-24-23-40(45)51-42)31-9-17-36(57-3)18-10-31/h5-28,50,53H,1-4H3. The Balaban J connectivity index is 1.47. The Morgan fingerprint density at radius 3 is 1.09 bits per heavy atom. The molecular formula is C49H38N4O5. The molecule has 0 radical (unpaired) electrons. The molecule has 0 saturated heterocycles. The molecule has 2 aliphatic rings. The molecular weight excluding hydrogens is 725 g/mol. The third-order valence-corrected chi connectivity index (χ3v) is 10.5. The number of aldehydes is 1. The van der Waals surface area contributed by atoms with Crippen LogP contribution < -0.4 is 18.9 Å². The number of nitrogens with one attached hydrogen (secondary N) is 2. The Morgan fingerprint density at radius 1 is 0.414 bits per heavy atom. The first kappa shape index (κ1) is 36.0. The number of carbonyl (C=O) groups is 1. The molecule has 0 spiro atoms. The van der Waals surface area contributed by atoms with Gasteiger partial charge in [0.25, 0.3) is 0 Å². The summed E-state index contributed by atoms with van der Waals surface area (Å²) in [5, 5.41) is 0. The van der Waals surface area contributed by atoms with Crippen LogP contribution in [0.1, 0.15) is 33.1 Å². The first-order valence-corrected chi connectivity index (χ1v) is 18.7. The summed E-state index contributed by atoms with van der Waals surface area (Å²) in [5.74, 6) is 2.95. The van der Waals surface area contributed by atoms with Gasteiger partial charge in [0.15, 0.2) is 6.29 Å². The monoisotopic (exact) mass is 762 g/mol. The van der Waals surface area contributed by atoms with Crippen LogP contribution in [0, 0.1) is 0 Å². The number of nitrogens with zero attached hydrogens (tertiary/aromatic N) is 2. The van der Waals surface area contributed by atoms with E-state index in [-0.39, 0.29) is 0 Å². The number of carbonyl (C=O) groups excluding carboxylic acids is 1. The molecule has 0 fully saturated rings. The molecule has 0 atom stereocenters. The van der Waals surface area contributed by atoms with Crippen molar-refractivity contribution in [3.8, 4) is 67.5 Å². The SMILES string of the molecule is COc1ccc(-c2c3nc(c(-c4ccc(OC)cc4)c4cc(C=O)c([nH]4)c(-c4ccc(OC)cc4)c4nc(c(-c5ccc(OC)cc5)c5ccc2[nH]5)C=C4)C=C3)cc1. The highest BCUT2D eigenvalue weighted by Crippen LogP contribution is 2.40. The van der Waals surface area contributed by atoms with E-state index in [4.69, 9.17) is 28.9 Å². The van der Waals surface area contributed by atoms with Gasteiger partial charge in [-0.1, -0.05) is 48.5 Å². The molecule has 58 heavy (non-hydrogen) atoms. The van der Waals surface area contributed by atoms with Crippen molar-refractivity contribution in [2.45, 2.75) is 0 Å². The van der Waals surface area contributed by atoms with Crippen LogP contribution in [0.2, 0.25) is 0 Å². The van der Waals surface area contributed by atoms with Crippen molar-refractivity contribution in [1.29, 1.82) is 0 Å². The van der Waals surface area contributed by atoms with Gasteiger partial charge in [0.05, 0.1) is 56.7 Å². The predicted octanol–water partition coefficient (Wildman–Crippen LogP) is 11.2. The molecule has 2 aliphatic heterocycles. The summed E-state index contributed by atoms with van der Waals surface area (Å²) in [6.45, 7) is 0. The van der Waals surface area contributed by atoms with Crippen LogP contribution in [-0.4, -0.2) is 54.7 Å². The average molecular weight is 763 g/mol. The highest BCUT2D eigenvalue weighted by Gasteiger charge is 2.21. The van der Waals surface area contributed by atoms with Gasteiger partial charge >= 0.3 is 0 Å². The van der Waals surface area contributed by atoms with Crippen LogP contribution in [0.5, 0.6) is 23.0 Å². The van der Waals surface area contributed by atoms with Crippen molar-refractivity contribution in [1.82, 2.24) is 19.9 Å². The second-order valence-electron chi connectivity index (χ2n) is 13.8. The van der Waals surface area contributed by atoms with Gasteiger partial charge in [0, 0.05) is 44.4 Å². The maximum absolute atomic E-state index is 13.1. The molecule has 0 aliphatic carbocycles. The first-order valence-electron chi connectivity index (χ1n) is 18.7. The van der Waals surface area contributed by atoms with Crippen molar-refractivity contribution in [2.75, 3.05) is 28.4 Å². The van der Waals surface area contributed by atoms with Crippen LogP contribution in [0.15, 0.2) is 115 Å². The number of hydrogen-bond donors (Lipinski definition) is 2. The van der Waals surface area contributed by atoms with Gasteiger partial charge in [-0.15, -0.1) is 0 Å². The normalized spacial score (nSPS) is 11.7. The van der Waals surface area contributed by atoms with Gasteiger partial charge in [0.1, 0.15) is 23.0 Å². The summed E-state index contributed by atoms with van der Waals surface area (Å²) in [6.07, 6.45) is 8.97. The van der Waals surface area contributed by atoms with Gasteiger partial charge in [0.2, 0.25) is 0 Å². The molecule has 284 valence electrons. The van der Waals surface area contributed by atoms with Crippen LogP contribution >= 0.6 is 0 Å². The number of H-pyrrole nitrogens is 2. The van der Waals surface area contributed by atoms with Crippen LogP contribution in [0.25, 0.3) is 90.9 Å². The number of fused-ring (bicyclic) bond motifs is 8. The third-order valence-electron chi connectivity index (χ3n) is 10.5. The van der Waals surface area contributed by atoms with Gasteiger partial charge < -0.3 is 28.9 Å². The lowest BCUT2D eigenvalue weighted by Gasteiger charge is -2.08. The van der Waals surface area contributed by atoms with Crippen LogP contribution in [0.4, 0.5) is 0 Å². The van der Waals surface area contributed by atoms with E-state index in [1.165, 1.54) is 0 Å². The molecule has 0 amide bonds. The number of rotatable bonds is 9. The maximum Gasteiger partial charge on any atom is 0.152 e. The number of benzene rings is 4. The Morgan fingerprint density at radius 2 is 0.741 bits per heavy atom. The highest BCUT2D eigenvalue weighted by molar-refractivity contribution is 6.04. The maximum atomic E-state index is 13.1. The molecule has 9 nitrogen and oxygen atoms in total. The summed E-state index contributed by atoms with van der Waals surface area (Å²) in [4.78, 5) is 31.3. The molecule has 8 bridgehead atoms. The molecule has 3 aromatic heterocycles. The summed E-state index contributed by atoms with van der Waals surface area (Å²) in [5.41, 5.74) is 13.5. The van der Waals surface area contributed by atoms with E-state index in [9.17, 15) is 4.79 Å². The summed E-state index contributed by atoms with van der Waals surface area (Å²) >= 11 is 0. The smallest absolute Gasteiger partial charge is 0.152 e. The number of ether oxygens (including phenoxy) is 4. The number of methoxy groups -OCH3 is 4. The van der Waals surface area contributed by atoms with E-state index in [2.05, 4.69) is 22.1 Å². The topological polar surface area (TPSA) is 111 Å². The van der Waals surface area contributed by atoms with Crippen molar-refractivity contribution in [3.05, 3.63) is 144 Å². The lowest BCUT2D eigenvalue weighted by Crippen LogP contribution is -1.91. The van der Waals surface area contributed by atoms with E-state index in [1.54, 1.807) is 28.4 Å². The molecule has 0 saturated carbocycles. The lowest BCUT2D eigenvalue weighted by molar-refractivity contribution is 0.112. The van der Waals surface area contributed by atoms with E-state index in [0.717, 1.165) is 102 Å². The summed E-state index contributed by atoms with van der Waals surface area (Å²) in [6, 6.07) is 37.6. The third kappa shape index (κ3) is 6.48. The quantitative estimate of drug-likeness (QED) is 0.141. The molecule has 4 aromatic carbocycles. The molecule has 2 N–H and O–H groups in total. The molecule has 5 heterocycles. The van der Waals surface area contributed by atoms with Gasteiger partial charge in [-0.05, 0) is 113 Å². The highest BCUT2D eigenvalue weighted by atomic mass is 16.5. The van der Waals surface area contributed by atoms with Crippen LogP contribution in [0.3, 0.4) is 0 Å². The van der Waals surface area contributed by atoms with E-state index in [0.29, 0.717) is 22.5 Å². The second-order valence-corrected chi connectivity index (χ2v) is 13.8. The fraction of sp³-hybridized carbons (Fsp3) is 0.0816. The Hall–Kier alpha value is -7.65. The fourth-order valence-corrected chi connectivity index (χ4v) is 7.65. The largest absolute Gasteiger partial charge is 0.497 e. The average Bonchev–Trinajstić information content (AvgIpc) is 4.12. The summed E-state index contributed by atoms with van der Waals surface area (Å²) < 4.78 is 22.1. The van der Waals surface area contributed by atoms with Crippen LogP contribution in [-0.2, 0) is 0 Å². The van der Waals surface area contributed by atoms with Crippen molar-refractivity contribution in [2.24, 2.45) is 0 Å². The van der Waals surface area contributed by atoms with Crippen molar-refractivity contribution in [3.63, 3.8) is 0 Å². The van der Waals surface area contributed by atoms with Crippen molar-refractivity contribution >= 4 is 52.7 Å². The van der Waals surface area contributed by atoms with Gasteiger partial charge in [-0.2, -0.15) is 0 Å². The second kappa shape index (κ2) is 15.1.